The van der Waals surface area contributed by atoms with E-state index in [-0.39, 0.29) is 16.5 Å². The molecular formula is C22H28N4O6S2. The number of fused-ring (bicyclic) bond motifs is 1. The van der Waals surface area contributed by atoms with Gasteiger partial charge in [-0.05, 0) is 44.4 Å². The summed E-state index contributed by atoms with van der Waals surface area (Å²) >= 11 is 1.54. The lowest BCUT2D eigenvalue weighted by atomic mass is 10.2. The topological polar surface area (TPSA) is 134 Å². The maximum Gasteiger partial charge on any atom is 0.330 e. The van der Waals surface area contributed by atoms with E-state index in [2.05, 4.69) is 15.0 Å². The summed E-state index contributed by atoms with van der Waals surface area (Å²) in [7, 11) is -3.85. The molecule has 1 aromatic rings. The van der Waals surface area contributed by atoms with Crippen LogP contribution in [0.4, 0.5) is 5.69 Å². The normalized spacial score (nSPS) is 24.7. The third-order valence-corrected chi connectivity index (χ3v) is 9.00. The highest BCUT2D eigenvalue weighted by Gasteiger charge is 2.53. The molecule has 2 fully saturated rings. The molecule has 0 spiro atoms. The number of amidine groups is 1. The number of hydrogen-bond acceptors (Lipinski definition) is 8. The van der Waals surface area contributed by atoms with E-state index in [9.17, 15) is 22.8 Å². The Morgan fingerprint density at radius 1 is 1.26 bits per heavy atom. The monoisotopic (exact) mass is 508 g/mol. The Bertz CT molecular complexity index is 1120. The van der Waals surface area contributed by atoms with Crippen LogP contribution in [0.15, 0.2) is 34.2 Å². The highest BCUT2D eigenvalue weighted by molar-refractivity contribution is 8.01. The number of anilines is 1. The summed E-state index contributed by atoms with van der Waals surface area (Å²) in [6.07, 6.45) is 4.47. The first-order chi connectivity index (χ1) is 16.2. The molecule has 2 N–H and O–H groups in total. The second-order valence-corrected chi connectivity index (χ2v) is 11.9. The number of benzene rings is 1. The van der Waals surface area contributed by atoms with Gasteiger partial charge in [0.2, 0.25) is 5.91 Å². The van der Waals surface area contributed by atoms with Crippen LogP contribution in [-0.4, -0.2) is 66.8 Å². The zero-order chi connectivity index (χ0) is 24.3. The molecule has 0 bridgehead atoms. The molecule has 10 nitrogen and oxygen atoms in total. The van der Waals surface area contributed by atoms with Gasteiger partial charge in [-0.3, -0.25) is 19.3 Å². The number of ether oxygens (including phenoxy) is 1. The van der Waals surface area contributed by atoms with Crippen molar-refractivity contribution in [1.29, 1.82) is 0 Å². The number of carbonyl (C=O) groups excluding carboxylic acids is 3. The van der Waals surface area contributed by atoms with Gasteiger partial charge in [-0.15, -0.1) is 11.8 Å². The van der Waals surface area contributed by atoms with Gasteiger partial charge in [0.05, 0.1) is 9.77 Å². The molecule has 0 aliphatic carbocycles. The lowest BCUT2D eigenvalue weighted by molar-refractivity contribution is -0.155. The SMILES string of the molecule is C[C@@]12CCC(=O)N1[C@@H](C(=O)OCC(=O)Nc1cccc(S(=O)(=O)NC3=NCCCCC3)c1)CS2. The summed E-state index contributed by atoms with van der Waals surface area (Å²) in [6.45, 7) is 1.99. The fourth-order valence-corrected chi connectivity index (χ4v) is 6.89. The van der Waals surface area contributed by atoms with Crippen LogP contribution in [0.25, 0.3) is 0 Å². The van der Waals surface area contributed by atoms with Crippen LogP contribution in [0, 0.1) is 0 Å². The van der Waals surface area contributed by atoms with Crippen molar-refractivity contribution in [3.05, 3.63) is 24.3 Å². The van der Waals surface area contributed by atoms with Crippen LogP contribution < -0.4 is 10.0 Å². The van der Waals surface area contributed by atoms with Crippen LogP contribution in [0.3, 0.4) is 0 Å². The molecule has 3 aliphatic heterocycles. The molecule has 0 saturated carbocycles. The zero-order valence-corrected chi connectivity index (χ0v) is 20.5. The molecule has 12 heteroatoms. The fraction of sp³-hybridized carbons (Fsp3) is 0.545. The second kappa shape index (κ2) is 9.95. The van der Waals surface area contributed by atoms with Gasteiger partial charge in [-0.1, -0.05) is 12.5 Å². The maximum absolute atomic E-state index is 12.7. The van der Waals surface area contributed by atoms with Crippen molar-refractivity contribution in [3.63, 3.8) is 0 Å². The van der Waals surface area contributed by atoms with Gasteiger partial charge in [0, 0.05) is 30.8 Å². The molecule has 3 aliphatic rings. The van der Waals surface area contributed by atoms with E-state index in [1.165, 1.54) is 18.2 Å². The Morgan fingerprint density at radius 2 is 2.09 bits per heavy atom. The molecule has 0 aromatic heterocycles. The van der Waals surface area contributed by atoms with E-state index < -0.39 is 39.4 Å². The molecule has 3 heterocycles. The summed E-state index contributed by atoms with van der Waals surface area (Å²) in [5, 5.41) is 2.55. The van der Waals surface area contributed by atoms with Crippen LogP contribution in [0.2, 0.25) is 0 Å². The number of hydrogen-bond donors (Lipinski definition) is 2. The number of aliphatic imine (C=N–C) groups is 1. The van der Waals surface area contributed by atoms with Crippen molar-refractivity contribution >= 4 is 51.1 Å². The average molecular weight is 509 g/mol. The number of esters is 1. The lowest BCUT2D eigenvalue weighted by Crippen LogP contribution is -2.47. The van der Waals surface area contributed by atoms with E-state index in [0.29, 0.717) is 37.4 Å². The minimum Gasteiger partial charge on any atom is -0.454 e. The van der Waals surface area contributed by atoms with E-state index in [4.69, 9.17) is 4.74 Å². The molecule has 1 aromatic carbocycles. The summed E-state index contributed by atoms with van der Waals surface area (Å²) in [5.41, 5.74) is 0.255. The molecule has 4 rings (SSSR count). The summed E-state index contributed by atoms with van der Waals surface area (Å²) in [6, 6.07) is 5.12. The Balaban J connectivity index is 1.33. The van der Waals surface area contributed by atoms with Crippen molar-refractivity contribution in [2.24, 2.45) is 4.99 Å². The highest BCUT2D eigenvalue weighted by Crippen LogP contribution is 2.47. The number of sulfonamides is 1. The Morgan fingerprint density at radius 3 is 2.91 bits per heavy atom. The molecule has 184 valence electrons. The second-order valence-electron chi connectivity index (χ2n) is 8.69. The zero-order valence-electron chi connectivity index (χ0n) is 18.9. The van der Waals surface area contributed by atoms with Crippen molar-refractivity contribution < 1.29 is 27.5 Å². The van der Waals surface area contributed by atoms with Crippen molar-refractivity contribution in [2.45, 2.75) is 61.3 Å². The van der Waals surface area contributed by atoms with Gasteiger partial charge in [0.15, 0.2) is 6.61 Å². The minimum absolute atomic E-state index is 0.0101. The Hall–Kier alpha value is -2.60. The first kappa shape index (κ1) is 24.5. The van der Waals surface area contributed by atoms with Gasteiger partial charge in [0.1, 0.15) is 11.9 Å². The number of amides is 2. The van der Waals surface area contributed by atoms with Crippen molar-refractivity contribution in [2.75, 3.05) is 24.2 Å². The third kappa shape index (κ3) is 5.38. The van der Waals surface area contributed by atoms with E-state index in [0.717, 1.165) is 19.3 Å². The van der Waals surface area contributed by atoms with Gasteiger partial charge in [-0.25, -0.2) is 13.2 Å². The molecule has 0 radical (unpaired) electrons. The van der Waals surface area contributed by atoms with Crippen molar-refractivity contribution in [1.82, 2.24) is 9.62 Å². The summed E-state index contributed by atoms with van der Waals surface area (Å²) < 4.78 is 33.2. The Labute approximate surface area is 202 Å². The first-order valence-corrected chi connectivity index (χ1v) is 13.7. The lowest BCUT2D eigenvalue weighted by Gasteiger charge is -2.29. The summed E-state index contributed by atoms with van der Waals surface area (Å²) in [4.78, 5) is 42.5. The minimum atomic E-state index is -3.85. The first-order valence-electron chi connectivity index (χ1n) is 11.3. The van der Waals surface area contributed by atoms with Crippen LogP contribution in [0.1, 0.15) is 45.4 Å². The van der Waals surface area contributed by atoms with Crippen molar-refractivity contribution in [3.8, 4) is 0 Å². The average Bonchev–Trinajstić information content (AvgIpc) is 3.15. The predicted octanol–water partition coefficient (Wildman–Crippen LogP) is 1.87. The quantitative estimate of drug-likeness (QED) is 0.560. The number of rotatable bonds is 6. The number of thioether (sulfide) groups is 1. The maximum atomic E-state index is 12.7. The molecule has 2 amide bonds. The fourth-order valence-electron chi connectivity index (χ4n) is 4.34. The molecule has 2 atom stereocenters. The van der Waals surface area contributed by atoms with Gasteiger partial charge < -0.3 is 15.0 Å². The largest absolute Gasteiger partial charge is 0.454 e. The van der Waals surface area contributed by atoms with Gasteiger partial charge in [0.25, 0.3) is 15.9 Å². The number of nitrogens with zero attached hydrogens (tertiary/aromatic N) is 2. The number of carbonyl (C=O) groups is 3. The van der Waals surface area contributed by atoms with Gasteiger partial charge in [-0.2, -0.15) is 0 Å². The van der Waals surface area contributed by atoms with Crippen LogP contribution >= 0.6 is 11.8 Å². The Kier molecular flexibility index (Phi) is 7.17. The standard InChI is InChI=1S/C22H28N4O6S2/c1-22-10-9-20(28)26(22)17(14-33-22)21(29)32-13-19(27)24-15-6-5-7-16(12-15)34(30,31)25-18-8-3-2-4-11-23-18/h5-7,12,17H,2-4,8-11,13-14H2,1H3,(H,23,25)(H,24,27)/t17-,22-/m1/s1. The highest BCUT2D eigenvalue weighted by atomic mass is 32.2. The third-order valence-electron chi connectivity index (χ3n) is 6.12. The van der Waals surface area contributed by atoms with Crippen LogP contribution in [0.5, 0.6) is 0 Å². The van der Waals surface area contributed by atoms with Gasteiger partial charge >= 0.3 is 5.97 Å². The van der Waals surface area contributed by atoms with E-state index >= 15 is 0 Å². The van der Waals surface area contributed by atoms with Crippen LogP contribution in [-0.2, 0) is 29.1 Å². The smallest absolute Gasteiger partial charge is 0.330 e. The van der Waals surface area contributed by atoms with E-state index in [1.54, 1.807) is 22.7 Å². The summed E-state index contributed by atoms with van der Waals surface area (Å²) in [5.74, 6) is -0.436. The molecule has 34 heavy (non-hydrogen) atoms. The molecule has 2 saturated heterocycles. The molecule has 0 unspecified atom stereocenters. The predicted molar refractivity (Wildman–Crippen MR) is 128 cm³/mol. The van der Waals surface area contributed by atoms with E-state index in [1.807, 2.05) is 6.92 Å². The molecular weight excluding hydrogens is 480 g/mol. The number of nitrogens with one attached hydrogen (secondary N) is 2.